The molecule has 0 aliphatic rings. The summed E-state index contributed by atoms with van der Waals surface area (Å²) in [5, 5.41) is 0.912. The second kappa shape index (κ2) is 4.29. The van der Waals surface area contributed by atoms with Crippen LogP contribution in [0.15, 0.2) is 31.9 Å². The lowest BCUT2D eigenvalue weighted by Crippen LogP contribution is -2.02. The number of ether oxygens (including phenoxy) is 1. The molecule has 2 rings (SSSR count). The van der Waals surface area contributed by atoms with Gasteiger partial charge in [-0.05, 0) is 47.5 Å². The van der Waals surface area contributed by atoms with Crippen LogP contribution in [0.1, 0.15) is 12.5 Å². The minimum absolute atomic E-state index is 0.362. The van der Waals surface area contributed by atoms with Gasteiger partial charge in [0.1, 0.15) is 15.8 Å². The SMILES string of the molecule is CCOc1ccc2c(C)c(Br)c(=O)oc2c1. The lowest BCUT2D eigenvalue weighted by Gasteiger charge is -2.06. The maximum atomic E-state index is 11.5. The number of hydrogen-bond acceptors (Lipinski definition) is 3. The van der Waals surface area contributed by atoms with Gasteiger partial charge in [-0.2, -0.15) is 0 Å². The highest BCUT2D eigenvalue weighted by molar-refractivity contribution is 9.10. The first-order chi connectivity index (χ1) is 7.63. The third-order valence-electron chi connectivity index (χ3n) is 2.38. The van der Waals surface area contributed by atoms with Crippen molar-refractivity contribution in [3.8, 4) is 5.75 Å². The van der Waals surface area contributed by atoms with Crippen LogP contribution in [-0.2, 0) is 0 Å². The van der Waals surface area contributed by atoms with Crippen LogP contribution in [0.2, 0.25) is 0 Å². The van der Waals surface area contributed by atoms with E-state index in [1.54, 1.807) is 6.07 Å². The van der Waals surface area contributed by atoms with Crippen molar-refractivity contribution in [2.45, 2.75) is 13.8 Å². The van der Waals surface area contributed by atoms with E-state index in [2.05, 4.69) is 15.9 Å². The van der Waals surface area contributed by atoms with E-state index < -0.39 is 0 Å². The molecule has 84 valence electrons. The zero-order valence-electron chi connectivity index (χ0n) is 9.04. The summed E-state index contributed by atoms with van der Waals surface area (Å²) in [6.07, 6.45) is 0. The highest BCUT2D eigenvalue weighted by Crippen LogP contribution is 2.25. The predicted octanol–water partition coefficient (Wildman–Crippen LogP) is 3.26. The maximum absolute atomic E-state index is 11.5. The number of hydrogen-bond donors (Lipinski definition) is 0. The minimum atomic E-state index is -0.362. The van der Waals surface area contributed by atoms with E-state index in [0.717, 1.165) is 10.9 Å². The van der Waals surface area contributed by atoms with Gasteiger partial charge in [-0.25, -0.2) is 4.79 Å². The van der Waals surface area contributed by atoms with Gasteiger partial charge in [0.05, 0.1) is 6.61 Å². The number of aryl methyl sites for hydroxylation is 1. The molecule has 0 fully saturated rings. The molecule has 0 aliphatic carbocycles. The molecule has 0 atom stereocenters. The fourth-order valence-electron chi connectivity index (χ4n) is 1.57. The van der Waals surface area contributed by atoms with Gasteiger partial charge in [0.25, 0.3) is 0 Å². The van der Waals surface area contributed by atoms with E-state index in [-0.39, 0.29) is 5.63 Å². The topological polar surface area (TPSA) is 39.4 Å². The van der Waals surface area contributed by atoms with Gasteiger partial charge < -0.3 is 9.15 Å². The second-order valence-electron chi connectivity index (χ2n) is 3.42. The van der Waals surface area contributed by atoms with Crippen LogP contribution >= 0.6 is 15.9 Å². The van der Waals surface area contributed by atoms with Crippen molar-refractivity contribution in [3.63, 3.8) is 0 Å². The van der Waals surface area contributed by atoms with Crippen LogP contribution < -0.4 is 10.4 Å². The minimum Gasteiger partial charge on any atom is -0.494 e. The van der Waals surface area contributed by atoms with Crippen molar-refractivity contribution in [2.75, 3.05) is 6.61 Å². The number of rotatable bonds is 2. The first-order valence-electron chi connectivity index (χ1n) is 4.99. The van der Waals surface area contributed by atoms with Gasteiger partial charge >= 0.3 is 5.63 Å². The van der Waals surface area contributed by atoms with Crippen molar-refractivity contribution in [2.24, 2.45) is 0 Å². The third kappa shape index (κ3) is 1.85. The zero-order chi connectivity index (χ0) is 11.7. The highest BCUT2D eigenvalue weighted by atomic mass is 79.9. The zero-order valence-corrected chi connectivity index (χ0v) is 10.6. The lowest BCUT2D eigenvalue weighted by atomic mass is 10.1. The summed E-state index contributed by atoms with van der Waals surface area (Å²) in [5.74, 6) is 0.708. The molecule has 0 unspecified atom stereocenters. The van der Waals surface area contributed by atoms with E-state index in [0.29, 0.717) is 22.4 Å². The molecule has 0 amide bonds. The Bertz CT molecular complexity index is 587. The van der Waals surface area contributed by atoms with Crippen molar-refractivity contribution in [3.05, 3.63) is 38.7 Å². The molecule has 0 saturated heterocycles. The second-order valence-corrected chi connectivity index (χ2v) is 4.21. The van der Waals surface area contributed by atoms with Gasteiger partial charge in [-0.15, -0.1) is 0 Å². The van der Waals surface area contributed by atoms with Gasteiger partial charge in [0.2, 0.25) is 0 Å². The largest absolute Gasteiger partial charge is 0.494 e. The third-order valence-corrected chi connectivity index (χ3v) is 3.30. The summed E-state index contributed by atoms with van der Waals surface area (Å²) in [6.45, 7) is 4.38. The smallest absolute Gasteiger partial charge is 0.350 e. The molecule has 0 bridgehead atoms. The van der Waals surface area contributed by atoms with Crippen molar-refractivity contribution in [1.82, 2.24) is 0 Å². The fraction of sp³-hybridized carbons (Fsp3) is 0.250. The first-order valence-corrected chi connectivity index (χ1v) is 5.78. The number of fused-ring (bicyclic) bond motifs is 1. The summed E-state index contributed by atoms with van der Waals surface area (Å²) in [5.41, 5.74) is 1.07. The Morgan fingerprint density at radius 1 is 1.44 bits per heavy atom. The molecule has 4 heteroatoms. The Balaban J connectivity index is 2.71. The molecule has 0 radical (unpaired) electrons. The molecule has 0 saturated carbocycles. The molecular weight excluding hydrogens is 272 g/mol. The highest BCUT2D eigenvalue weighted by Gasteiger charge is 2.09. The maximum Gasteiger partial charge on any atom is 0.350 e. The summed E-state index contributed by atoms with van der Waals surface area (Å²) in [4.78, 5) is 11.5. The van der Waals surface area contributed by atoms with Crippen LogP contribution in [0.4, 0.5) is 0 Å². The molecular formula is C12H11BrO3. The van der Waals surface area contributed by atoms with Crippen molar-refractivity contribution < 1.29 is 9.15 Å². The molecule has 3 nitrogen and oxygen atoms in total. The van der Waals surface area contributed by atoms with E-state index >= 15 is 0 Å². The molecule has 0 aliphatic heterocycles. The predicted molar refractivity (Wildman–Crippen MR) is 66.1 cm³/mol. The number of halogens is 1. The van der Waals surface area contributed by atoms with Gasteiger partial charge in [0, 0.05) is 11.5 Å². The Morgan fingerprint density at radius 3 is 2.88 bits per heavy atom. The van der Waals surface area contributed by atoms with E-state index in [1.807, 2.05) is 26.0 Å². The quantitative estimate of drug-likeness (QED) is 0.794. The Labute approximate surface area is 101 Å². The average Bonchev–Trinajstić information content (AvgIpc) is 2.26. The van der Waals surface area contributed by atoms with Crippen LogP contribution in [0.3, 0.4) is 0 Å². The van der Waals surface area contributed by atoms with Crippen LogP contribution in [0.5, 0.6) is 5.75 Å². The summed E-state index contributed by atoms with van der Waals surface area (Å²) in [6, 6.07) is 5.49. The molecule has 16 heavy (non-hydrogen) atoms. The van der Waals surface area contributed by atoms with Gasteiger partial charge in [0.15, 0.2) is 0 Å². The number of benzene rings is 1. The molecule has 1 aromatic carbocycles. The molecule has 0 spiro atoms. The van der Waals surface area contributed by atoms with Crippen LogP contribution in [0.25, 0.3) is 11.0 Å². The summed E-state index contributed by atoms with van der Waals surface area (Å²) < 4.78 is 11.0. The van der Waals surface area contributed by atoms with E-state index in [9.17, 15) is 4.79 Å². The Hall–Kier alpha value is -1.29. The molecule has 1 aromatic heterocycles. The summed E-state index contributed by atoms with van der Waals surface area (Å²) in [7, 11) is 0. The Morgan fingerprint density at radius 2 is 2.19 bits per heavy atom. The standard InChI is InChI=1S/C12H11BrO3/c1-3-15-8-4-5-9-7(2)11(13)12(14)16-10(9)6-8/h4-6H,3H2,1-2H3. The van der Waals surface area contributed by atoms with E-state index in [4.69, 9.17) is 9.15 Å². The summed E-state index contributed by atoms with van der Waals surface area (Å²) >= 11 is 3.21. The molecule has 2 aromatic rings. The van der Waals surface area contributed by atoms with Gasteiger partial charge in [-0.3, -0.25) is 0 Å². The normalized spacial score (nSPS) is 10.7. The average molecular weight is 283 g/mol. The molecule has 1 heterocycles. The van der Waals surface area contributed by atoms with Crippen molar-refractivity contribution in [1.29, 1.82) is 0 Å². The van der Waals surface area contributed by atoms with Crippen LogP contribution in [-0.4, -0.2) is 6.61 Å². The lowest BCUT2D eigenvalue weighted by molar-refractivity contribution is 0.340. The molecule has 0 N–H and O–H groups in total. The fourth-order valence-corrected chi connectivity index (χ4v) is 1.86. The van der Waals surface area contributed by atoms with Gasteiger partial charge in [-0.1, -0.05) is 0 Å². The van der Waals surface area contributed by atoms with Crippen LogP contribution in [0, 0.1) is 6.92 Å². The monoisotopic (exact) mass is 282 g/mol. The first kappa shape index (κ1) is 11.2. The van der Waals surface area contributed by atoms with E-state index in [1.165, 1.54) is 0 Å². The van der Waals surface area contributed by atoms with Crippen molar-refractivity contribution >= 4 is 26.9 Å². The Kier molecular flexibility index (Phi) is 3.01.